The summed E-state index contributed by atoms with van der Waals surface area (Å²) in [5.41, 5.74) is 5.38. The number of carbonyl (C=O) groups excluding carboxylic acids is 2. The molecule has 4 aromatic heterocycles. The topological polar surface area (TPSA) is 144 Å². The van der Waals surface area contributed by atoms with Crippen molar-refractivity contribution in [2.24, 2.45) is 7.05 Å². The molecule has 5 aromatic rings. The van der Waals surface area contributed by atoms with Gasteiger partial charge in [0.05, 0.1) is 23.5 Å². The summed E-state index contributed by atoms with van der Waals surface area (Å²) in [6.45, 7) is 1.78. The highest BCUT2D eigenvalue weighted by Gasteiger charge is 2.39. The zero-order chi connectivity index (χ0) is 39.8. The number of hydrogen-bond acceptors (Lipinski definition) is 9. The molecule has 2 amide bonds. The second kappa shape index (κ2) is 15.9. The molecule has 0 saturated carbocycles. The van der Waals surface area contributed by atoms with Gasteiger partial charge < -0.3 is 35.3 Å². The molecular weight excluding hydrogens is 761 g/mol. The number of rotatable bonds is 13. The van der Waals surface area contributed by atoms with Crippen LogP contribution in [-0.2, 0) is 42.3 Å². The molecule has 2 fully saturated rings. The molecule has 16 heteroatoms. The van der Waals surface area contributed by atoms with Gasteiger partial charge in [0.1, 0.15) is 17.3 Å². The monoisotopic (exact) mass is 802 g/mol. The Kier molecular flexibility index (Phi) is 10.8. The fourth-order valence-corrected chi connectivity index (χ4v) is 8.40. The third-order valence-corrected chi connectivity index (χ3v) is 11.3. The Balaban J connectivity index is 1.02. The van der Waals surface area contributed by atoms with Crippen LogP contribution in [0.3, 0.4) is 0 Å². The molecule has 1 aliphatic carbocycles. The number of pyridine rings is 3. The van der Waals surface area contributed by atoms with Gasteiger partial charge in [-0.25, -0.2) is 4.98 Å². The molecule has 0 radical (unpaired) electrons. The first-order chi connectivity index (χ1) is 27.5. The molecule has 6 heterocycles. The Hall–Kier alpha value is -5.25. The van der Waals surface area contributed by atoms with E-state index in [4.69, 9.17) is 26.1 Å². The van der Waals surface area contributed by atoms with Gasteiger partial charge in [0.25, 0.3) is 0 Å². The second-order valence-electron chi connectivity index (χ2n) is 14.7. The molecule has 0 bridgehead atoms. The van der Waals surface area contributed by atoms with E-state index in [-0.39, 0.29) is 41.9 Å². The molecule has 8 rings (SSSR count). The van der Waals surface area contributed by atoms with Gasteiger partial charge in [0.2, 0.25) is 23.6 Å². The number of ether oxygens (including phenoxy) is 2. The Morgan fingerprint density at radius 2 is 1.61 bits per heavy atom. The SMILES string of the molecule is COc1nc(O[C@H]2CCc3c(-c4nccc(-c5ccc6c(CNCC7CCC(=O)N7)cn(C)c6n5)c4Cl)cccc32)c(C(F)(F)F)cc1CNCC1CCC(=O)N1. The number of aryl methyl sites for hydroxylation is 1. The van der Waals surface area contributed by atoms with Crippen molar-refractivity contribution in [2.75, 3.05) is 20.2 Å². The Morgan fingerprint density at radius 1 is 0.895 bits per heavy atom. The smallest absolute Gasteiger partial charge is 0.421 e. The highest BCUT2D eigenvalue weighted by Crippen LogP contribution is 2.45. The van der Waals surface area contributed by atoms with E-state index in [1.807, 2.05) is 54.2 Å². The number of methoxy groups -OCH3 is 1. The average Bonchev–Trinajstić information content (AvgIpc) is 3.98. The van der Waals surface area contributed by atoms with Crippen LogP contribution in [0, 0.1) is 0 Å². The minimum atomic E-state index is -4.74. The third kappa shape index (κ3) is 8.00. The maximum Gasteiger partial charge on any atom is 0.421 e. The van der Waals surface area contributed by atoms with Crippen LogP contribution < -0.4 is 30.7 Å². The van der Waals surface area contributed by atoms with Crippen LogP contribution in [0.5, 0.6) is 11.8 Å². The summed E-state index contributed by atoms with van der Waals surface area (Å²) in [5.74, 6) is -0.487. The molecule has 3 aliphatic rings. The normalized spacial score (nSPS) is 19.2. The number of fused-ring (bicyclic) bond motifs is 2. The van der Waals surface area contributed by atoms with Crippen LogP contribution in [0.15, 0.2) is 54.9 Å². The molecule has 2 unspecified atom stereocenters. The number of amides is 2. The largest absolute Gasteiger partial charge is 0.481 e. The standard InChI is InChI=1S/C41H42ClF3N8O4/c1-53-21-23(18-47-20-25-7-13-35(55)50-25)26-8-10-32(51-38(26)53)30-14-15-48-37(36(30)42)29-5-3-4-28-27(29)9-11-33(28)57-40-31(41(43,44)45)16-22(39(52-40)56-2)17-46-19-24-6-12-34(54)49-24/h3-5,8,10,14-16,21,24-25,33,46-47H,6-7,9,11-13,17-20H2,1-2H3,(H,49,54)(H,50,55)/t24?,25?,33-/m0/s1. The van der Waals surface area contributed by atoms with Crippen LogP contribution in [-0.4, -0.2) is 63.6 Å². The van der Waals surface area contributed by atoms with E-state index in [2.05, 4.69) is 31.2 Å². The molecule has 0 spiro atoms. The van der Waals surface area contributed by atoms with Gasteiger partial charge in [-0.05, 0) is 66.6 Å². The number of carbonyl (C=O) groups is 2. The lowest BCUT2D eigenvalue weighted by Gasteiger charge is -2.21. The first-order valence-corrected chi connectivity index (χ1v) is 19.4. The fraction of sp³-hybridized carbons (Fsp3) is 0.390. The summed E-state index contributed by atoms with van der Waals surface area (Å²) in [6, 6.07) is 12.4. The van der Waals surface area contributed by atoms with Crippen LogP contribution in [0.25, 0.3) is 33.5 Å². The molecule has 4 N–H and O–H groups in total. The summed E-state index contributed by atoms with van der Waals surface area (Å²) in [5, 5.41) is 13.8. The van der Waals surface area contributed by atoms with Gasteiger partial charge >= 0.3 is 6.18 Å². The lowest BCUT2D eigenvalue weighted by Crippen LogP contribution is -2.35. The van der Waals surface area contributed by atoms with Gasteiger partial charge in [-0.15, -0.1) is 0 Å². The molecule has 2 saturated heterocycles. The van der Waals surface area contributed by atoms with Gasteiger partial charge in [0, 0.05) is 92.6 Å². The first kappa shape index (κ1) is 38.6. The summed E-state index contributed by atoms with van der Waals surface area (Å²) < 4.78 is 57.0. The van der Waals surface area contributed by atoms with Crippen molar-refractivity contribution in [2.45, 2.75) is 76.0 Å². The maximum atomic E-state index is 14.5. The van der Waals surface area contributed by atoms with E-state index >= 15 is 0 Å². The molecule has 3 atom stereocenters. The van der Waals surface area contributed by atoms with E-state index in [9.17, 15) is 22.8 Å². The van der Waals surface area contributed by atoms with Crippen molar-refractivity contribution in [1.82, 2.24) is 40.8 Å². The van der Waals surface area contributed by atoms with E-state index in [0.29, 0.717) is 73.7 Å². The van der Waals surface area contributed by atoms with Crippen molar-refractivity contribution in [3.05, 3.63) is 87.7 Å². The van der Waals surface area contributed by atoms with Gasteiger partial charge in [0.15, 0.2) is 0 Å². The third-order valence-electron chi connectivity index (χ3n) is 10.9. The molecule has 2 aliphatic heterocycles. The number of alkyl halides is 3. The maximum absolute atomic E-state index is 14.5. The number of benzene rings is 1. The van der Waals surface area contributed by atoms with E-state index in [1.54, 1.807) is 6.20 Å². The van der Waals surface area contributed by atoms with Gasteiger partial charge in [-0.1, -0.05) is 29.8 Å². The molecule has 1 aromatic carbocycles. The highest BCUT2D eigenvalue weighted by atomic mass is 35.5. The number of hydrogen-bond donors (Lipinski definition) is 4. The van der Waals surface area contributed by atoms with E-state index < -0.39 is 23.7 Å². The minimum Gasteiger partial charge on any atom is -0.481 e. The highest BCUT2D eigenvalue weighted by molar-refractivity contribution is 6.35. The Labute approximate surface area is 331 Å². The zero-order valence-electron chi connectivity index (χ0n) is 31.4. The summed E-state index contributed by atoms with van der Waals surface area (Å²) in [7, 11) is 3.30. The quantitative estimate of drug-likeness (QED) is 0.110. The minimum absolute atomic E-state index is 0.0198. The first-order valence-electron chi connectivity index (χ1n) is 19.0. The van der Waals surface area contributed by atoms with Gasteiger partial charge in [-0.3, -0.25) is 14.6 Å². The van der Waals surface area contributed by atoms with E-state index in [0.717, 1.165) is 45.8 Å². The summed E-state index contributed by atoms with van der Waals surface area (Å²) >= 11 is 7.13. The van der Waals surface area contributed by atoms with Gasteiger partial charge in [-0.2, -0.15) is 18.2 Å². The zero-order valence-corrected chi connectivity index (χ0v) is 32.2. The second-order valence-corrected chi connectivity index (χ2v) is 15.1. The predicted octanol–water partition coefficient (Wildman–Crippen LogP) is 6.18. The predicted molar refractivity (Wildman–Crippen MR) is 208 cm³/mol. The van der Waals surface area contributed by atoms with Crippen LogP contribution >= 0.6 is 11.6 Å². The lowest BCUT2D eigenvalue weighted by atomic mass is 9.98. The number of nitrogens with zero attached hydrogens (tertiary/aromatic N) is 4. The van der Waals surface area contributed by atoms with E-state index in [1.165, 1.54) is 7.11 Å². The number of aromatic nitrogens is 4. The average molecular weight is 803 g/mol. The van der Waals surface area contributed by atoms with Crippen LogP contribution in [0.4, 0.5) is 13.2 Å². The summed E-state index contributed by atoms with van der Waals surface area (Å²) in [4.78, 5) is 37.0. The van der Waals surface area contributed by atoms with Crippen molar-refractivity contribution in [1.29, 1.82) is 0 Å². The number of nitrogens with one attached hydrogen (secondary N) is 4. The van der Waals surface area contributed by atoms with Crippen molar-refractivity contribution < 1.29 is 32.2 Å². The lowest BCUT2D eigenvalue weighted by molar-refractivity contribution is -0.139. The van der Waals surface area contributed by atoms with Crippen LogP contribution in [0.1, 0.15) is 66.0 Å². The Bertz CT molecular complexity index is 2350. The van der Waals surface area contributed by atoms with Crippen molar-refractivity contribution in [3.63, 3.8) is 0 Å². The fourth-order valence-electron chi connectivity index (χ4n) is 8.09. The van der Waals surface area contributed by atoms with Crippen molar-refractivity contribution >= 4 is 34.4 Å². The molecule has 12 nitrogen and oxygen atoms in total. The van der Waals surface area contributed by atoms with Crippen molar-refractivity contribution in [3.8, 4) is 34.3 Å². The molecular formula is C41H42ClF3N8O4. The number of halogens is 4. The molecule has 57 heavy (non-hydrogen) atoms. The van der Waals surface area contributed by atoms with Crippen LogP contribution in [0.2, 0.25) is 5.02 Å². The summed E-state index contributed by atoms with van der Waals surface area (Å²) in [6.07, 6.45) is 1.69. The Morgan fingerprint density at radius 3 is 2.28 bits per heavy atom. The molecule has 298 valence electrons.